The lowest BCUT2D eigenvalue weighted by Gasteiger charge is -2.32. The second kappa shape index (κ2) is 6.54. The fourth-order valence-electron chi connectivity index (χ4n) is 3.78. The van der Waals surface area contributed by atoms with Crippen molar-refractivity contribution < 1.29 is 9.21 Å². The Hall–Kier alpha value is -3.49. The summed E-state index contributed by atoms with van der Waals surface area (Å²) in [5.41, 5.74) is 4.55. The topological polar surface area (TPSA) is 105 Å². The van der Waals surface area contributed by atoms with Gasteiger partial charge in [-0.1, -0.05) is 19.9 Å². The van der Waals surface area contributed by atoms with Gasteiger partial charge in [-0.15, -0.1) is 10.2 Å². The van der Waals surface area contributed by atoms with Crippen molar-refractivity contribution in [2.24, 2.45) is 0 Å². The van der Waals surface area contributed by atoms with Crippen molar-refractivity contribution in [1.29, 1.82) is 0 Å². The zero-order valence-corrected chi connectivity index (χ0v) is 16.5. The second-order valence-electron chi connectivity index (χ2n) is 7.59. The van der Waals surface area contributed by atoms with Crippen molar-refractivity contribution in [2.45, 2.75) is 39.2 Å². The number of nitrogens with one attached hydrogen (secondary N) is 1. The van der Waals surface area contributed by atoms with Gasteiger partial charge in [0, 0.05) is 30.3 Å². The molecule has 0 bridgehead atoms. The second-order valence-corrected chi connectivity index (χ2v) is 7.59. The lowest BCUT2D eigenvalue weighted by atomic mass is 9.99. The van der Waals surface area contributed by atoms with E-state index in [0.29, 0.717) is 18.9 Å². The molecular formula is C20H21N7O2. The van der Waals surface area contributed by atoms with Crippen LogP contribution in [0.4, 0.5) is 0 Å². The van der Waals surface area contributed by atoms with E-state index < -0.39 is 6.04 Å². The molecule has 1 aliphatic heterocycles. The van der Waals surface area contributed by atoms with Crippen molar-refractivity contribution in [3.8, 4) is 0 Å². The van der Waals surface area contributed by atoms with Crippen LogP contribution in [0.15, 0.2) is 35.0 Å². The molecule has 1 atom stereocenters. The van der Waals surface area contributed by atoms with Crippen molar-refractivity contribution >= 4 is 11.4 Å². The average molecular weight is 391 g/mol. The van der Waals surface area contributed by atoms with Crippen LogP contribution < -0.4 is 0 Å². The van der Waals surface area contributed by atoms with Gasteiger partial charge < -0.3 is 14.3 Å². The van der Waals surface area contributed by atoms with Crippen molar-refractivity contribution in [1.82, 2.24) is 34.7 Å². The van der Waals surface area contributed by atoms with Gasteiger partial charge in [-0.2, -0.15) is 5.10 Å². The summed E-state index contributed by atoms with van der Waals surface area (Å²) in [6, 6.07) is 7.56. The molecule has 1 N–H and O–H groups in total. The first kappa shape index (κ1) is 17.6. The Morgan fingerprint density at radius 1 is 1.31 bits per heavy atom. The van der Waals surface area contributed by atoms with E-state index in [-0.39, 0.29) is 17.7 Å². The highest BCUT2D eigenvalue weighted by molar-refractivity contribution is 5.90. The van der Waals surface area contributed by atoms with E-state index in [0.717, 1.165) is 28.3 Å². The molecular weight excluding hydrogens is 370 g/mol. The summed E-state index contributed by atoms with van der Waals surface area (Å²) in [7, 11) is 0. The quantitative estimate of drug-likeness (QED) is 0.576. The average Bonchev–Trinajstić information content (AvgIpc) is 3.44. The number of carbonyl (C=O) groups excluding carboxylic acids is 1. The van der Waals surface area contributed by atoms with Crippen LogP contribution in [0.25, 0.3) is 5.52 Å². The SMILES string of the molecule is Cc1cccc2cc([C@H]3c4nc[nH]c4CCN3C(=O)c3nnc(C(C)C)o3)nn12. The first-order chi connectivity index (χ1) is 14.0. The highest BCUT2D eigenvalue weighted by Gasteiger charge is 2.38. The monoisotopic (exact) mass is 391 g/mol. The molecule has 0 spiro atoms. The Kier molecular flexibility index (Phi) is 3.97. The van der Waals surface area contributed by atoms with E-state index in [1.165, 1.54) is 0 Å². The number of hydrogen-bond donors (Lipinski definition) is 1. The summed E-state index contributed by atoms with van der Waals surface area (Å²) < 4.78 is 7.50. The Labute approximate surface area is 166 Å². The molecule has 9 heteroatoms. The van der Waals surface area contributed by atoms with Gasteiger partial charge in [-0.05, 0) is 25.1 Å². The Bertz CT molecular complexity index is 1200. The minimum Gasteiger partial charge on any atom is -0.417 e. The van der Waals surface area contributed by atoms with Crippen LogP contribution >= 0.6 is 0 Å². The van der Waals surface area contributed by atoms with Gasteiger partial charge in [-0.3, -0.25) is 4.79 Å². The van der Waals surface area contributed by atoms with Crippen molar-refractivity contribution in [3.05, 3.63) is 65.1 Å². The molecule has 5 rings (SSSR count). The molecule has 9 nitrogen and oxygen atoms in total. The standard InChI is InChI=1S/C20H21N7O2/c1-11(2)18-23-24-19(29-18)20(28)26-8-7-14-16(22-10-21-14)17(26)15-9-13-6-4-5-12(3)27(13)25-15/h4-6,9-11,17H,7-8H2,1-3H3,(H,21,22)/t17-/m0/s1. The first-order valence-electron chi connectivity index (χ1n) is 9.64. The normalized spacial score (nSPS) is 16.6. The zero-order chi connectivity index (χ0) is 20.1. The van der Waals surface area contributed by atoms with Gasteiger partial charge in [0.05, 0.1) is 23.2 Å². The largest absolute Gasteiger partial charge is 0.417 e. The molecule has 0 aromatic carbocycles. The Morgan fingerprint density at radius 2 is 2.17 bits per heavy atom. The number of amides is 1. The molecule has 29 heavy (non-hydrogen) atoms. The van der Waals surface area contributed by atoms with E-state index in [2.05, 4.69) is 20.2 Å². The smallest absolute Gasteiger partial charge is 0.312 e. The lowest BCUT2D eigenvalue weighted by molar-refractivity contribution is 0.0643. The number of pyridine rings is 1. The van der Waals surface area contributed by atoms with Gasteiger partial charge >= 0.3 is 11.8 Å². The molecule has 0 aliphatic carbocycles. The van der Waals surface area contributed by atoms with Gasteiger partial charge in [0.2, 0.25) is 5.89 Å². The molecule has 0 saturated carbocycles. The van der Waals surface area contributed by atoms with Crippen molar-refractivity contribution in [3.63, 3.8) is 0 Å². The molecule has 0 radical (unpaired) electrons. The molecule has 0 unspecified atom stereocenters. The number of aryl methyl sites for hydroxylation is 1. The van der Waals surface area contributed by atoms with Crippen LogP contribution in [0.2, 0.25) is 0 Å². The highest BCUT2D eigenvalue weighted by atomic mass is 16.4. The summed E-state index contributed by atoms with van der Waals surface area (Å²) in [6.45, 7) is 6.39. The predicted octanol–water partition coefficient (Wildman–Crippen LogP) is 2.66. The van der Waals surface area contributed by atoms with Crippen LogP contribution in [0.1, 0.15) is 65.2 Å². The minimum atomic E-state index is -0.425. The van der Waals surface area contributed by atoms with Crippen LogP contribution in [0, 0.1) is 6.92 Å². The molecule has 4 aromatic rings. The van der Waals surface area contributed by atoms with Crippen LogP contribution in [0.5, 0.6) is 0 Å². The van der Waals surface area contributed by atoms with E-state index in [1.54, 1.807) is 11.2 Å². The number of rotatable bonds is 3. The summed E-state index contributed by atoms with van der Waals surface area (Å²) in [5.74, 6) is 0.195. The summed E-state index contributed by atoms with van der Waals surface area (Å²) in [5, 5.41) is 12.8. The third-order valence-electron chi connectivity index (χ3n) is 5.28. The number of hydrogen-bond acceptors (Lipinski definition) is 6. The predicted molar refractivity (Wildman–Crippen MR) is 103 cm³/mol. The van der Waals surface area contributed by atoms with Crippen LogP contribution in [-0.2, 0) is 6.42 Å². The lowest BCUT2D eigenvalue weighted by Crippen LogP contribution is -2.41. The van der Waals surface area contributed by atoms with Crippen molar-refractivity contribution in [2.75, 3.05) is 6.54 Å². The number of aromatic amines is 1. The molecule has 1 aliphatic rings. The zero-order valence-electron chi connectivity index (χ0n) is 16.5. The maximum absolute atomic E-state index is 13.3. The Balaban J connectivity index is 1.60. The molecule has 0 saturated heterocycles. The number of carbonyl (C=O) groups is 1. The maximum Gasteiger partial charge on any atom is 0.312 e. The summed E-state index contributed by atoms with van der Waals surface area (Å²) in [6.07, 6.45) is 2.34. The van der Waals surface area contributed by atoms with Gasteiger partial charge in [0.15, 0.2) is 0 Å². The number of fused-ring (bicyclic) bond motifs is 2. The third kappa shape index (κ3) is 2.81. The first-order valence-corrected chi connectivity index (χ1v) is 9.64. The van der Waals surface area contributed by atoms with Gasteiger partial charge in [0.25, 0.3) is 0 Å². The Morgan fingerprint density at radius 3 is 2.93 bits per heavy atom. The van der Waals surface area contributed by atoms with Crippen LogP contribution in [0.3, 0.4) is 0 Å². The number of imidazole rings is 1. The summed E-state index contributed by atoms with van der Waals surface area (Å²) in [4.78, 5) is 22.7. The molecule has 4 aromatic heterocycles. The van der Waals surface area contributed by atoms with E-state index >= 15 is 0 Å². The van der Waals surface area contributed by atoms with E-state index in [9.17, 15) is 4.79 Å². The molecule has 1 amide bonds. The fraction of sp³-hybridized carbons (Fsp3) is 0.350. The van der Waals surface area contributed by atoms with Gasteiger partial charge in [-0.25, -0.2) is 9.50 Å². The van der Waals surface area contributed by atoms with Gasteiger partial charge in [0.1, 0.15) is 6.04 Å². The third-order valence-corrected chi connectivity index (χ3v) is 5.28. The molecule has 5 heterocycles. The number of nitrogens with zero attached hydrogens (tertiary/aromatic N) is 6. The number of H-pyrrole nitrogens is 1. The minimum absolute atomic E-state index is 0.00219. The van der Waals surface area contributed by atoms with Crippen LogP contribution in [-0.4, -0.2) is 47.1 Å². The molecule has 0 fully saturated rings. The maximum atomic E-state index is 13.3. The fourth-order valence-corrected chi connectivity index (χ4v) is 3.78. The highest BCUT2D eigenvalue weighted by Crippen LogP contribution is 2.34. The van der Waals surface area contributed by atoms with E-state index in [4.69, 9.17) is 9.52 Å². The summed E-state index contributed by atoms with van der Waals surface area (Å²) >= 11 is 0. The molecule has 148 valence electrons. The van der Waals surface area contributed by atoms with E-state index in [1.807, 2.05) is 49.6 Å². The number of aromatic nitrogens is 6.